The molecule has 0 saturated heterocycles. The van der Waals surface area contributed by atoms with E-state index < -0.39 is 0 Å². The van der Waals surface area contributed by atoms with Crippen LogP contribution in [0.25, 0.3) is 0 Å². The number of hydrogen-bond donors (Lipinski definition) is 1. The van der Waals surface area contributed by atoms with Crippen LogP contribution in [0.1, 0.15) is 19.4 Å². The summed E-state index contributed by atoms with van der Waals surface area (Å²) in [5, 5.41) is 2.83. The maximum Gasteiger partial charge on any atom is 0.221 e. The molecule has 0 radical (unpaired) electrons. The van der Waals surface area contributed by atoms with Gasteiger partial charge in [-0.15, -0.1) is 11.8 Å². The predicted molar refractivity (Wildman–Crippen MR) is 61.9 cm³/mol. The number of thioether (sulfide) groups is 1. The molecule has 14 heavy (non-hydrogen) atoms. The second-order valence-corrected chi connectivity index (χ2v) is 3.94. The van der Waals surface area contributed by atoms with E-state index in [1.807, 2.05) is 18.4 Å². The highest BCUT2D eigenvalue weighted by molar-refractivity contribution is 7.98. The quantitative estimate of drug-likeness (QED) is 0.775. The Balaban J connectivity index is 2.98. The lowest BCUT2D eigenvalue weighted by Gasteiger charge is -2.09. The molecule has 0 bridgehead atoms. The Morgan fingerprint density at radius 3 is 2.71 bits per heavy atom. The smallest absolute Gasteiger partial charge is 0.221 e. The highest BCUT2D eigenvalue weighted by Gasteiger charge is 2.03. The molecular formula is C11H15NOS. The zero-order valence-electron chi connectivity index (χ0n) is 8.76. The molecule has 0 atom stereocenters. The molecule has 1 rings (SSSR count). The molecule has 1 amide bonds. The molecular weight excluding hydrogens is 194 g/mol. The SMILES string of the molecule is CCc1cc(SC)ccc1NC(C)=O. The fourth-order valence-electron chi connectivity index (χ4n) is 1.30. The van der Waals surface area contributed by atoms with Gasteiger partial charge in [0.2, 0.25) is 5.91 Å². The average molecular weight is 209 g/mol. The first-order chi connectivity index (χ1) is 6.67. The third kappa shape index (κ3) is 2.77. The summed E-state index contributed by atoms with van der Waals surface area (Å²) in [6.45, 7) is 3.62. The minimum atomic E-state index is -0.0170. The van der Waals surface area contributed by atoms with Gasteiger partial charge in [0.1, 0.15) is 0 Å². The van der Waals surface area contributed by atoms with E-state index >= 15 is 0 Å². The number of hydrogen-bond acceptors (Lipinski definition) is 2. The highest BCUT2D eigenvalue weighted by Crippen LogP contribution is 2.23. The molecule has 1 N–H and O–H groups in total. The maximum absolute atomic E-state index is 10.9. The van der Waals surface area contributed by atoms with E-state index in [1.54, 1.807) is 11.8 Å². The summed E-state index contributed by atoms with van der Waals surface area (Å²) in [5.41, 5.74) is 2.12. The van der Waals surface area contributed by atoms with Crippen molar-refractivity contribution >= 4 is 23.4 Å². The van der Waals surface area contributed by atoms with Crippen LogP contribution < -0.4 is 5.32 Å². The molecule has 3 heteroatoms. The van der Waals surface area contributed by atoms with Gasteiger partial charge in [-0.25, -0.2) is 0 Å². The summed E-state index contributed by atoms with van der Waals surface area (Å²) in [7, 11) is 0. The zero-order valence-corrected chi connectivity index (χ0v) is 9.57. The van der Waals surface area contributed by atoms with E-state index in [1.165, 1.54) is 17.4 Å². The van der Waals surface area contributed by atoms with E-state index in [0.29, 0.717) is 0 Å². The molecule has 0 spiro atoms. The first-order valence-corrected chi connectivity index (χ1v) is 5.84. The standard InChI is InChI=1S/C11H15NOS/c1-4-9-7-10(14-3)5-6-11(9)12-8(2)13/h5-7H,4H2,1-3H3,(H,12,13). The minimum Gasteiger partial charge on any atom is -0.326 e. The molecule has 0 unspecified atom stereocenters. The maximum atomic E-state index is 10.9. The van der Waals surface area contributed by atoms with Gasteiger partial charge in [-0.2, -0.15) is 0 Å². The van der Waals surface area contributed by atoms with Crippen LogP contribution >= 0.6 is 11.8 Å². The second-order valence-electron chi connectivity index (χ2n) is 3.06. The summed E-state index contributed by atoms with van der Waals surface area (Å²) >= 11 is 1.71. The van der Waals surface area contributed by atoms with Gasteiger partial charge >= 0.3 is 0 Å². The number of rotatable bonds is 3. The summed E-state index contributed by atoms with van der Waals surface area (Å²) in [6, 6.07) is 6.11. The fourth-order valence-corrected chi connectivity index (χ4v) is 1.77. The third-order valence-corrected chi connectivity index (χ3v) is 2.73. The molecule has 2 nitrogen and oxygen atoms in total. The molecule has 0 saturated carbocycles. The van der Waals surface area contributed by atoms with Gasteiger partial charge in [0, 0.05) is 17.5 Å². The molecule has 76 valence electrons. The Kier molecular flexibility index (Phi) is 4.01. The van der Waals surface area contributed by atoms with E-state index in [2.05, 4.69) is 18.3 Å². The largest absolute Gasteiger partial charge is 0.326 e. The van der Waals surface area contributed by atoms with E-state index in [0.717, 1.165) is 12.1 Å². The molecule has 0 aliphatic rings. The molecule has 0 aromatic heterocycles. The number of aryl methyl sites for hydroxylation is 1. The summed E-state index contributed by atoms with van der Waals surface area (Å²) < 4.78 is 0. The Bertz CT molecular complexity index is 336. The molecule has 0 fully saturated rings. The van der Waals surface area contributed by atoms with Crippen LogP contribution in [0.4, 0.5) is 5.69 Å². The second kappa shape index (κ2) is 5.05. The van der Waals surface area contributed by atoms with Crippen molar-refractivity contribution in [3.63, 3.8) is 0 Å². The van der Waals surface area contributed by atoms with Gasteiger partial charge in [-0.3, -0.25) is 4.79 Å². The van der Waals surface area contributed by atoms with Crippen molar-refractivity contribution in [2.45, 2.75) is 25.2 Å². The number of carbonyl (C=O) groups is 1. The van der Waals surface area contributed by atoms with Gasteiger partial charge in [0.25, 0.3) is 0 Å². The van der Waals surface area contributed by atoms with Gasteiger partial charge in [-0.05, 0) is 36.4 Å². The number of anilines is 1. The molecule has 0 aliphatic heterocycles. The lowest BCUT2D eigenvalue weighted by atomic mass is 10.1. The van der Waals surface area contributed by atoms with E-state index in [4.69, 9.17) is 0 Å². The van der Waals surface area contributed by atoms with Crippen molar-refractivity contribution in [1.82, 2.24) is 0 Å². The average Bonchev–Trinajstić information content (AvgIpc) is 2.17. The van der Waals surface area contributed by atoms with Gasteiger partial charge < -0.3 is 5.32 Å². The summed E-state index contributed by atoms with van der Waals surface area (Å²) in [4.78, 5) is 12.2. The van der Waals surface area contributed by atoms with Crippen LogP contribution in [0, 0.1) is 0 Å². The fraction of sp³-hybridized carbons (Fsp3) is 0.364. The van der Waals surface area contributed by atoms with Gasteiger partial charge in [0.15, 0.2) is 0 Å². The van der Waals surface area contributed by atoms with Crippen LogP contribution in [-0.4, -0.2) is 12.2 Å². The first-order valence-electron chi connectivity index (χ1n) is 4.62. The Hall–Kier alpha value is -0.960. The Morgan fingerprint density at radius 1 is 1.50 bits per heavy atom. The first kappa shape index (κ1) is 11.1. The highest BCUT2D eigenvalue weighted by atomic mass is 32.2. The van der Waals surface area contributed by atoms with Crippen molar-refractivity contribution in [2.24, 2.45) is 0 Å². The van der Waals surface area contributed by atoms with Crippen LogP contribution in [-0.2, 0) is 11.2 Å². The van der Waals surface area contributed by atoms with Crippen molar-refractivity contribution in [3.8, 4) is 0 Å². The van der Waals surface area contributed by atoms with Gasteiger partial charge in [-0.1, -0.05) is 6.92 Å². The summed E-state index contributed by atoms with van der Waals surface area (Å²) in [6.07, 6.45) is 2.98. The van der Waals surface area contributed by atoms with E-state index in [9.17, 15) is 4.79 Å². The number of amides is 1. The topological polar surface area (TPSA) is 29.1 Å². The Morgan fingerprint density at radius 2 is 2.21 bits per heavy atom. The molecule has 1 aromatic rings. The normalized spacial score (nSPS) is 9.93. The lowest BCUT2D eigenvalue weighted by Crippen LogP contribution is -2.07. The lowest BCUT2D eigenvalue weighted by molar-refractivity contribution is -0.114. The van der Waals surface area contributed by atoms with Crippen molar-refractivity contribution < 1.29 is 4.79 Å². The van der Waals surface area contributed by atoms with E-state index in [-0.39, 0.29) is 5.91 Å². The third-order valence-electron chi connectivity index (χ3n) is 2.00. The van der Waals surface area contributed by atoms with Crippen LogP contribution in [0.3, 0.4) is 0 Å². The number of nitrogens with one attached hydrogen (secondary N) is 1. The van der Waals surface area contributed by atoms with Crippen molar-refractivity contribution in [2.75, 3.05) is 11.6 Å². The molecule has 1 aromatic carbocycles. The monoisotopic (exact) mass is 209 g/mol. The minimum absolute atomic E-state index is 0.0170. The predicted octanol–water partition coefficient (Wildman–Crippen LogP) is 2.93. The van der Waals surface area contributed by atoms with Crippen LogP contribution in [0.2, 0.25) is 0 Å². The molecule has 0 aliphatic carbocycles. The summed E-state index contributed by atoms with van der Waals surface area (Å²) in [5.74, 6) is -0.0170. The zero-order chi connectivity index (χ0) is 10.6. The molecule has 0 heterocycles. The van der Waals surface area contributed by atoms with Crippen LogP contribution in [0.15, 0.2) is 23.1 Å². The van der Waals surface area contributed by atoms with Crippen molar-refractivity contribution in [3.05, 3.63) is 23.8 Å². The Labute approximate surface area is 89.1 Å². The van der Waals surface area contributed by atoms with Crippen LogP contribution in [0.5, 0.6) is 0 Å². The number of carbonyl (C=O) groups excluding carboxylic acids is 1. The van der Waals surface area contributed by atoms with Gasteiger partial charge in [0.05, 0.1) is 0 Å². The van der Waals surface area contributed by atoms with Crippen molar-refractivity contribution in [1.29, 1.82) is 0 Å². The number of benzene rings is 1.